The van der Waals surface area contributed by atoms with Gasteiger partial charge in [-0.2, -0.15) is 5.26 Å². The Morgan fingerprint density at radius 1 is 1.05 bits per heavy atom. The number of para-hydroxylation sites is 1. The van der Waals surface area contributed by atoms with Crippen LogP contribution in [0.15, 0.2) is 59.5 Å². The van der Waals surface area contributed by atoms with Crippen molar-refractivity contribution in [2.24, 2.45) is 0 Å². The molecule has 2 amide bonds. The highest BCUT2D eigenvalue weighted by Crippen LogP contribution is 2.11. The molecule has 2 aromatic rings. The summed E-state index contributed by atoms with van der Waals surface area (Å²) >= 11 is 0. The number of carbonyl (C=O) groups is 1. The third kappa shape index (κ3) is 3.81. The molecule has 6 nitrogen and oxygen atoms in total. The Morgan fingerprint density at radius 2 is 1.76 bits per heavy atom. The first-order chi connectivity index (χ1) is 10.0. The van der Waals surface area contributed by atoms with Gasteiger partial charge in [0.1, 0.15) is 0 Å². The molecule has 0 spiro atoms. The van der Waals surface area contributed by atoms with Gasteiger partial charge in [0.2, 0.25) is 0 Å². The Balaban J connectivity index is 2.14. The molecule has 0 atom stereocenters. The first-order valence-corrected chi connectivity index (χ1v) is 7.38. The van der Waals surface area contributed by atoms with E-state index in [-0.39, 0.29) is 10.5 Å². The zero-order valence-electron chi connectivity index (χ0n) is 10.8. The van der Waals surface area contributed by atoms with Crippen LogP contribution in [0.4, 0.5) is 10.5 Å². The number of hydrogen-bond acceptors (Lipinski definition) is 4. The van der Waals surface area contributed by atoms with E-state index in [2.05, 4.69) is 5.32 Å². The summed E-state index contributed by atoms with van der Waals surface area (Å²) in [6.45, 7) is 0. The van der Waals surface area contributed by atoms with E-state index in [4.69, 9.17) is 5.26 Å². The van der Waals surface area contributed by atoms with Gasteiger partial charge in [0.25, 0.3) is 10.0 Å². The van der Waals surface area contributed by atoms with Crippen molar-refractivity contribution in [1.82, 2.24) is 4.72 Å². The highest BCUT2D eigenvalue weighted by Gasteiger charge is 2.17. The largest absolute Gasteiger partial charge is 0.333 e. The van der Waals surface area contributed by atoms with Crippen LogP contribution < -0.4 is 10.0 Å². The number of benzene rings is 2. The molecule has 2 aromatic carbocycles. The van der Waals surface area contributed by atoms with Crippen LogP contribution in [0.3, 0.4) is 0 Å². The summed E-state index contributed by atoms with van der Waals surface area (Å²) in [4.78, 5) is 11.5. The fourth-order valence-corrected chi connectivity index (χ4v) is 2.54. The molecule has 2 rings (SSSR count). The maximum atomic E-state index is 12.0. The summed E-state index contributed by atoms with van der Waals surface area (Å²) in [6.07, 6.45) is 0. The lowest BCUT2D eigenvalue weighted by atomic mass is 10.2. The van der Waals surface area contributed by atoms with Gasteiger partial charge < -0.3 is 5.32 Å². The van der Waals surface area contributed by atoms with Crippen molar-refractivity contribution in [3.05, 3.63) is 60.2 Å². The normalized spacial score (nSPS) is 10.4. The molecular weight excluding hydrogens is 290 g/mol. The molecule has 0 unspecified atom stereocenters. The van der Waals surface area contributed by atoms with E-state index < -0.39 is 16.1 Å². The molecular formula is C14H11N3O3S. The minimum atomic E-state index is -4.03. The van der Waals surface area contributed by atoms with Crippen molar-refractivity contribution in [2.45, 2.75) is 4.90 Å². The van der Waals surface area contributed by atoms with Crippen LogP contribution in [0, 0.1) is 11.3 Å². The van der Waals surface area contributed by atoms with Crippen LogP contribution in [0.5, 0.6) is 0 Å². The van der Waals surface area contributed by atoms with Crippen molar-refractivity contribution < 1.29 is 13.2 Å². The average molecular weight is 301 g/mol. The molecule has 0 aliphatic carbocycles. The van der Waals surface area contributed by atoms with E-state index in [1.54, 1.807) is 30.3 Å². The molecule has 0 aliphatic rings. The molecule has 0 aliphatic heterocycles. The van der Waals surface area contributed by atoms with Crippen molar-refractivity contribution >= 4 is 21.7 Å². The maximum Gasteiger partial charge on any atom is 0.333 e. The van der Waals surface area contributed by atoms with E-state index in [1.165, 1.54) is 24.3 Å². The van der Waals surface area contributed by atoms with Gasteiger partial charge >= 0.3 is 6.03 Å². The maximum absolute atomic E-state index is 12.0. The van der Waals surface area contributed by atoms with Gasteiger partial charge in [-0.05, 0) is 30.3 Å². The third-order valence-electron chi connectivity index (χ3n) is 2.53. The number of nitriles is 1. The molecule has 7 heteroatoms. The predicted molar refractivity (Wildman–Crippen MR) is 76.9 cm³/mol. The van der Waals surface area contributed by atoms with Gasteiger partial charge in [-0.3, -0.25) is 0 Å². The van der Waals surface area contributed by atoms with Gasteiger partial charge in [-0.25, -0.2) is 17.9 Å². The molecule has 0 radical (unpaired) electrons. The Kier molecular flexibility index (Phi) is 4.21. The zero-order valence-corrected chi connectivity index (χ0v) is 11.6. The lowest BCUT2D eigenvalue weighted by Gasteiger charge is -2.08. The SMILES string of the molecule is N#Cc1cccc(S(=O)(=O)NC(=O)Nc2ccccc2)c1. The van der Waals surface area contributed by atoms with Crippen molar-refractivity contribution in [2.75, 3.05) is 5.32 Å². The van der Waals surface area contributed by atoms with E-state index in [0.717, 1.165) is 0 Å². The monoisotopic (exact) mass is 301 g/mol. The number of urea groups is 1. The van der Waals surface area contributed by atoms with E-state index in [1.807, 2.05) is 10.8 Å². The van der Waals surface area contributed by atoms with Crippen molar-refractivity contribution in [3.63, 3.8) is 0 Å². The second kappa shape index (κ2) is 6.07. The number of rotatable bonds is 3. The van der Waals surface area contributed by atoms with Crippen LogP contribution in [0.2, 0.25) is 0 Å². The number of anilines is 1. The third-order valence-corrected chi connectivity index (χ3v) is 3.86. The second-order valence-corrected chi connectivity index (χ2v) is 5.75. The molecule has 21 heavy (non-hydrogen) atoms. The minimum Gasteiger partial charge on any atom is -0.307 e. The highest BCUT2D eigenvalue weighted by molar-refractivity contribution is 7.90. The minimum absolute atomic E-state index is 0.148. The van der Waals surface area contributed by atoms with Gasteiger partial charge in [-0.1, -0.05) is 24.3 Å². The Morgan fingerprint density at radius 3 is 2.43 bits per heavy atom. The average Bonchev–Trinajstić information content (AvgIpc) is 2.47. The smallest absolute Gasteiger partial charge is 0.307 e. The van der Waals surface area contributed by atoms with Gasteiger partial charge in [0.15, 0.2) is 0 Å². The van der Waals surface area contributed by atoms with Gasteiger partial charge in [0.05, 0.1) is 16.5 Å². The second-order valence-electron chi connectivity index (χ2n) is 4.07. The van der Waals surface area contributed by atoms with Crippen LogP contribution in [-0.4, -0.2) is 14.4 Å². The standard InChI is InChI=1S/C14H11N3O3S/c15-10-11-5-4-8-13(9-11)21(19,20)17-14(18)16-12-6-2-1-3-7-12/h1-9H,(H2,16,17,18). The molecule has 0 bridgehead atoms. The number of nitrogens with one attached hydrogen (secondary N) is 2. The molecule has 0 heterocycles. The van der Waals surface area contributed by atoms with Crippen molar-refractivity contribution in [3.8, 4) is 6.07 Å². The number of carbonyl (C=O) groups excluding carboxylic acids is 1. The van der Waals surface area contributed by atoms with E-state index >= 15 is 0 Å². The van der Waals surface area contributed by atoms with Crippen LogP contribution in [0.1, 0.15) is 5.56 Å². The molecule has 0 aromatic heterocycles. The number of nitrogens with zero attached hydrogens (tertiary/aromatic N) is 1. The lowest BCUT2D eigenvalue weighted by Crippen LogP contribution is -2.34. The molecule has 0 saturated heterocycles. The van der Waals surface area contributed by atoms with E-state index in [9.17, 15) is 13.2 Å². The van der Waals surface area contributed by atoms with Gasteiger partial charge in [0, 0.05) is 5.69 Å². The molecule has 0 saturated carbocycles. The summed E-state index contributed by atoms with van der Waals surface area (Å²) in [7, 11) is -4.03. The first-order valence-electron chi connectivity index (χ1n) is 5.90. The Labute approximate surface area is 122 Å². The number of amides is 2. The van der Waals surface area contributed by atoms with Crippen molar-refractivity contribution in [1.29, 1.82) is 5.26 Å². The fourth-order valence-electron chi connectivity index (χ4n) is 1.59. The molecule has 2 N–H and O–H groups in total. The Hall–Kier alpha value is -2.85. The predicted octanol–water partition coefficient (Wildman–Crippen LogP) is 2.07. The van der Waals surface area contributed by atoms with Crippen LogP contribution in [-0.2, 0) is 10.0 Å². The summed E-state index contributed by atoms with van der Waals surface area (Å²) in [6, 6.07) is 14.8. The zero-order chi connectivity index (χ0) is 15.3. The highest BCUT2D eigenvalue weighted by atomic mass is 32.2. The first kappa shape index (κ1) is 14.6. The fraction of sp³-hybridized carbons (Fsp3) is 0. The van der Waals surface area contributed by atoms with E-state index in [0.29, 0.717) is 5.69 Å². The van der Waals surface area contributed by atoms with Crippen LogP contribution >= 0.6 is 0 Å². The van der Waals surface area contributed by atoms with Crippen LogP contribution in [0.25, 0.3) is 0 Å². The summed E-state index contributed by atoms with van der Waals surface area (Å²) in [5.74, 6) is 0. The summed E-state index contributed by atoms with van der Waals surface area (Å²) in [5, 5.41) is 11.2. The number of sulfonamides is 1. The summed E-state index contributed by atoms with van der Waals surface area (Å²) in [5.41, 5.74) is 0.664. The lowest BCUT2D eigenvalue weighted by molar-refractivity contribution is 0.256. The molecule has 0 fully saturated rings. The number of hydrogen-bond donors (Lipinski definition) is 2. The quantitative estimate of drug-likeness (QED) is 0.906. The van der Waals surface area contributed by atoms with Gasteiger partial charge in [-0.15, -0.1) is 0 Å². The Bertz CT molecular complexity index is 796. The summed E-state index contributed by atoms with van der Waals surface area (Å²) < 4.78 is 25.9. The molecule has 106 valence electrons. The topological polar surface area (TPSA) is 99.1 Å².